The fraction of sp³-hybridized carbons (Fsp3) is 0.240. The first-order chi connectivity index (χ1) is 15.3. The predicted molar refractivity (Wildman–Crippen MR) is 129 cm³/mol. The summed E-state index contributed by atoms with van der Waals surface area (Å²) in [5.74, 6) is -0.499. The number of hydrogen-bond acceptors (Lipinski definition) is 5. The van der Waals surface area contributed by atoms with Crippen molar-refractivity contribution in [2.75, 3.05) is 18.2 Å². The van der Waals surface area contributed by atoms with Crippen LogP contribution in [0.1, 0.15) is 32.0 Å². The number of carbonyl (C=O) groups excluding carboxylic acids is 2. The molecule has 0 saturated carbocycles. The van der Waals surface area contributed by atoms with E-state index < -0.39 is 11.9 Å². The van der Waals surface area contributed by atoms with Crippen molar-refractivity contribution in [3.8, 4) is 5.69 Å². The highest BCUT2D eigenvalue weighted by atomic mass is 32.2. The van der Waals surface area contributed by atoms with E-state index in [-0.39, 0.29) is 12.0 Å². The third kappa shape index (κ3) is 6.34. The summed E-state index contributed by atoms with van der Waals surface area (Å²) in [5.41, 5.74) is 2.35. The Bertz CT molecular complexity index is 1100. The van der Waals surface area contributed by atoms with Crippen molar-refractivity contribution in [1.29, 1.82) is 0 Å². The zero-order valence-corrected chi connectivity index (χ0v) is 19.5. The van der Waals surface area contributed by atoms with Gasteiger partial charge in [-0.15, -0.1) is 11.8 Å². The molecule has 1 N–H and O–H groups in total. The van der Waals surface area contributed by atoms with Crippen LogP contribution < -0.4 is 5.32 Å². The Hall–Kier alpha value is -3.32. The molecule has 0 aliphatic heterocycles. The Labute approximate surface area is 192 Å². The van der Waals surface area contributed by atoms with Crippen LogP contribution in [0.5, 0.6) is 0 Å². The summed E-state index contributed by atoms with van der Waals surface area (Å²) in [6.45, 7) is 5.77. The summed E-state index contributed by atoms with van der Waals surface area (Å²) in [6, 6.07) is 19.2. The SMILES string of the molecule is CSc1ccc(/C=C/C(=O)OCC(=O)Nc2cc(C(C)(C)C)nn2-c2ccccc2)cc1. The zero-order valence-electron chi connectivity index (χ0n) is 18.7. The second kappa shape index (κ2) is 10.3. The van der Waals surface area contributed by atoms with Gasteiger partial charge in [0.2, 0.25) is 0 Å². The summed E-state index contributed by atoms with van der Waals surface area (Å²) in [5, 5.41) is 7.46. The molecule has 32 heavy (non-hydrogen) atoms. The van der Waals surface area contributed by atoms with Gasteiger partial charge in [0.1, 0.15) is 5.82 Å². The number of nitrogens with zero attached hydrogens (tertiary/aromatic N) is 2. The van der Waals surface area contributed by atoms with Crippen LogP contribution in [-0.4, -0.2) is 34.5 Å². The number of anilines is 1. The number of para-hydroxylation sites is 1. The second-order valence-corrected chi connectivity index (χ2v) is 9.05. The molecule has 0 radical (unpaired) electrons. The predicted octanol–water partition coefficient (Wildman–Crippen LogP) is 5.09. The average molecular weight is 450 g/mol. The van der Waals surface area contributed by atoms with Gasteiger partial charge in [-0.1, -0.05) is 51.1 Å². The number of benzene rings is 2. The summed E-state index contributed by atoms with van der Waals surface area (Å²) in [4.78, 5) is 25.6. The topological polar surface area (TPSA) is 73.2 Å². The molecule has 0 aliphatic carbocycles. The molecule has 1 heterocycles. The second-order valence-electron chi connectivity index (χ2n) is 8.17. The summed E-state index contributed by atoms with van der Waals surface area (Å²) in [7, 11) is 0. The van der Waals surface area contributed by atoms with Gasteiger partial charge in [0.15, 0.2) is 6.61 Å². The molecule has 0 atom stereocenters. The Morgan fingerprint density at radius 1 is 1.09 bits per heavy atom. The standard InChI is InChI=1S/C25H27N3O3S/c1-25(2,3)21-16-22(28(27-21)19-8-6-5-7-9-19)26-23(29)17-31-24(30)15-12-18-10-13-20(32-4)14-11-18/h5-16H,17H2,1-4H3,(H,26,29)/b15-12+. The lowest BCUT2D eigenvalue weighted by molar-refractivity contribution is -0.142. The van der Waals surface area contributed by atoms with Crippen molar-refractivity contribution in [3.05, 3.63) is 78.0 Å². The van der Waals surface area contributed by atoms with Crippen molar-refractivity contribution in [2.45, 2.75) is 31.1 Å². The van der Waals surface area contributed by atoms with Gasteiger partial charge in [-0.25, -0.2) is 9.48 Å². The maximum Gasteiger partial charge on any atom is 0.331 e. The Morgan fingerprint density at radius 2 is 1.78 bits per heavy atom. The van der Waals surface area contributed by atoms with E-state index in [2.05, 4.69) is 31.2 Å². The third-order valence-corrected chi connectivity index (χ3v) is 5.36. The molecule has 0 bridgehead atoms. The monoisotopic (exact) mass is 449 g/mol. The minimum absolute atomic E-state index is 0.190. The number of amides is 1. The van der Waals surface area contributed by atoms with E-state index in [1.165, 1.54) is 6.08 Å². The third-order valence-electron chi connectivity index (χ3n) is 4.62. The molecule has 0 aliphatic rings. The highest BCUT2D eigenvalue weighted by molar-refractivity contribution is 7.98. The maximum atomic E-state index is 12.4. The van der Waals surface area contributed by atoms with E-state index in [1.54, 1.807) is 22.5 Å². The van der Waals surface area contributed by atoms with Crippen LogP contribution in [0.4, 0.5) is 5.82 Å². The molecule has 3 rings (SSSR count). The van der Waals surface area contributed by atoms with Crippen molar-refractivity contribution in [1.82, 2.24) is 9.78 Å². The summed E-state index contributed by atoms with van der Waals surface area (Å²) in [6.07, 6.45) is 4.97. The van der Waals surface area contributed by atoms with Crippen LogP contribution in [0, 0.1) is 0 Å². The van der Waals surface area contributed by atoms with E-state index in [0.717, 1.165) is 21.8 Å². The molecular weight excluding hydrogens is 422 g/mol. The first kappa shape index (κ1) is 23.3. The maximum absolute atomic E-state index is 12.4. The van der Waals surface area contributed by atoms with Gasteiger partial charge in [0.25, 0.3) is 5.91 Å². The number of ether oxygens (including phenoxy) is 1. The summed E-state index contributed by atoms with van der Waals surface area (Å²) < 4.78 is 6.77. The van der Waals surface area contributed by atoms with Gasteiger partial charge in [0.05, 0.1) is 11.4 Å². The number of aromatic nitrogens is 2. The van der Waals surface area contributed by atoms with E-state index >= 15 is 0 Å². The zero-order chi connectivity index (χ0) is 23.1. The van der Waals surface area contributed by atoms with Crippen LogP contribution in [0.25, 0.3) is 11.8 Å². The molecule has 0 unspecified atom stereocenters. The molecule has 0 spiro atoms. The molecule has 2 aromatic carbocycles. The molecule has 1 amide bonds. The highest BCUT2D eigenvalue weighted by Crippen LogP contribution is 2.26. The Morgan fingerprint density at radius 3 is 2.41 bits per heavy atom. The number of carbonyl (C=O) groups is 2. The van der Waals surface area contributed by atoms with Crippen molar-refractivity contribution in [2.24, 2.45) is 0 Å². The highest BCUT2D eigenvalue weighted by Gasteiger charge is 2.21. The smallest absolute Gasteiger partial charge is 0.331 e. The van der Waals surface area contributed by atoms with Gasteiger partial charge >= 0.3 is 5.97 Å². The lowest BCUT2D eigenvalue weighted by atomic mass is 9.92. The number of hydrogen-bond donors (Lipinski definition) is 1. The van der Waals surface area contributed by atoms with Gasteiger partial charge in [-0.05, 0) is 42.2 Å². The number of thioether (sulfide) groups is 1. The Balaban J connectivity index is 1.63. The van der Waals surface area contributed by atoms with E-state index in [0.29, 0.717) is 5.82 Å². The molecular formula is C25H27N3O3S. The molecule has 6 nitrogen and oxygen atoms in total. The normalized spacial score (nSPS) is 11.5. The molecule has 3 aromatic rings. The van der Waals surface area contributed by atoms with Crippen molar-refractivity contribution < 1.29 is 14.3 Å². The number of esters is 1. The van der Waals surface area contributed by atoms with Crippen LogP contribution in [0.3, 0.4) is 0 Å². The molecule has 0 saturated heterocycles. The van der Waals surface area contributed by atoms with E-state index in [9.17, 15) is 9.59 Å². The van der Waals surface area contributed by atoms with Crippen molar-refractivity contribution in [3.63, 3.8) is 0 Å². The summed E-state index contributed by atoms with van der Waals surface area (Å²) >= 11 is 1.65. The van der Waals surface area contributed by atoms with Crippen LogP contribution in [-0.2, 0) is 19.7 Å². The molecule has 166 valence electrons. The van der Waals surface area contributed by atoms with Gasteiger partial charge in [-0.3, -0.25) is 4.79 Å². The fourth-order valence-electron chi connectivity index (χ4n) is 2.85. The van der Waals surface area contributed by atoms with Gasteiger partial charge in [0, 0.05) is 22.5 Å². The van der Waals surface area contributed by atoms with Gasteiger partial charge < -0.3 is 10.1 Å². The van der Waals surface area contributed by atoms with Crippen LogP contribution >= 0.6 is 11.8 Å². The number of rotatable bonds is 7. The minimum atomic E-state index is -0.582. The van der Waals surface area contributed by atoms with Crippen LogP contribution in [0.2, 0.25) is 0 Å². The minimum Gasteiger partial charge on any atom is -0.452 e. The Kier molecular flexibility index (Phi) is 7.53. The largest absolute Gasteiger partial charge is 0.452 e. The average Bonchev–Trinajstić information content (AvgIpc) is 3.21. The van der Waals surface area contributed by atoms with Gasteiger partial charge in [-0.2, -0.15) is 5.10 Å². The van der Waals surface area contributed by atoms with E-state index in [1.807, 2.05) is 66.9 Å². The van der Waals surface area contributed by atoms with Crippen molar-refractivity contribution >= 4 is 35.5 Å². The first-order valence-corrected chi connectivity index (χ1v) is 11.4. The quantitative estimate of drug-likeness (QED) is 0.309. The first-order valence-electron chi connectivity index (χ1n) is 10.2. The van der Waals surface area contributed by atoms with Crippen LogP contribution in [0.15, 0.2) is 71.6 Å². The lowest BCUT2D eigenvalue weighted by Gasteiger charge is -2.14. The number of nitrogens with one attached hydrogen (secondary N) is 1. The lowest BCUT2D eigenvalue weighted by Crippen LogP contribution is -2.21. The molecule has 1 aromatic heterocycles. The molecule has 7 heteroatoms. The van der Waals surface area contributed by atoms with E-state index in [4.69, 9.17) is 4.74 Å². The fourth-order valence-corrected chi connectivity index (χ4v) is 3.25. The molecule has 0 fully saturated rings.